The summed E-state index contributed by atoms with van der Waals surface area (Å²) >= 11 is 0. The summed E-state index contributed by atoms with van der Waals surface area (Å²) < 4.78 is 5.80. The minimum Gasteiger partial charge on any atom is -0.489 e. The van der Waals surface area contributed by atoms with E-state index < -0.39 is 0 Å². The quantitative estimate of drug-likeness (QED) is 0.615. The van der Waals surface area contributed by atoms with Crippen molar-refractivity contribution in [2.24, 2.45) is 0 Å². The van der Waals surface area contributed by atoms with Crippen LogP contribution in [0.4, 0.5) is 5.69 Å². The molecule has 2 N–H and O–H groups in total. The predicted molar refractivity (Wildman–Crippen MR) is 112 cm³/mol. The summed E-state index contributed by atoms with van der Waals surface area (Å²) in [5.74, 6) is 0.183. The van der Waals surface area contributed by atoms with Gasteiger partial charge in [-0.05, 0) is 42.8 Å². The Hall–Kier alpha value is -3.67. The first-order valence-electron chi connectivity index (χ1n) is 9.36. The maximum atomic E-state index is 12.3. The predicted octanol–water partition coefficient (Wildman–Crippen LogP) is 3.73. The fourth-order valence-corrected chi connectivity index (χ4v) is 2.75. The molecule has 29 heavy (non-hydrogen) atoms. The number of carbonyl (C=O) groups is 2. The lowest BCUT2D eigenvalue weighted by molar-refractivity contribution is -0.116. The van der Waals surface area contributed by atoms with Gasteiger partial charge in [-0.15, -0.1) is 0 Å². The standard InChI is InChI=1S/C23H23N3O3/c1-17-5-2-6-18(13-17)16-29-21-9-3-7-19(14-21)23(28)25-12-10-22(27)26-20-8-4-11-24-15-20/h2-9,11,13-15H,10,12,16H2,1H3,(H,25,28)(H,26,27). The normalized spacial score (nSPS) is 10.2. The zero-order valence-electron chi connectivity index (χ0n) is 16.2. The molecule has 6 nitrogen and oxygen atoms in total. The molecular formula is C23H23N3O3. The Balaban J connectivity index is 1.47. The van der Waals surface area contributed by atoms with Crippen molar-refractivity contribution >= 4 is 17.5 Å². The van der Waals surface area contributed by atoms with Crippen LogP contribution < -0.4 is 15.4 Å². The van der Waals surface area contributed by atoms with E-state index in [0.29, 0.717) is 23.6 Å². The number of nitrogens with one attached hydrogen (secondary N) is 2. The molecule has 1 aromatic heterocycles. The number of aryl methyl sites for hydroxylation is 1. The van der Waals surface area contributed by atoms with Crippen molar-refractivity contribution in [2.45, 2.75) is 20.0 Å². The van der Waals surface area contributed by atoms with Gasteiger partial charge >= 0.3 is 0 Å². The van der Waals surface area contributed by atoms with E-state index in [9.17, 15) is 9.59 Å². The molecular weight excluding hydrogens is 366 g/mol. The molecule has 0 radical (unpaired) electrons. The van der Waals surface area contributed by atoms with Gasteiger partial charge in [-0.25, -0.2) is 0 Å². The number of carbonyl (C=O) groups excluding carboxylic acids is 2. The average Bonchev–Trinajstić information content (AvgIpc) is 2.73. The van der Waals surface area contributed by atoms with E-state index >= 15 is 0 Å². The number of nitrogens with zero attached hydrogens (tertiary/aromatic N) is 1. The first-order chi connectivity index (χ1) is 14.1. The molecule has 0 saturated carbocycles. The fourth-order valence-electron chi connectivity index (χ4n) is 2.75. The van der Waals surface area contributed by atoms with Gasteiger partial charge in [-0.1, -0.05) is 35.9 Å². The molecule has 0 aliphatic carbocycles. The smallest absolute Gasteiger partial charge is 0.251 e. The maximum Gasteiger partial charge on any atom is 0.251 e. The van der Waals surface area contributed by atoms with Crippen LogP contribution in [-0.4, -0.2) is 23.3 Å². The Labute approximate surface area is 169 Å². The van der Waals surface area contributed by atoms with Crippen LogP contribution in [0.3, 0.4) is 0 Å². The van der Waals surface area contributed by atoms with Crippen LogP contribution in [0.1, 0.15) is 27.9 Å². The summed E-state index contributed by atoms with van der Waals surface area (Å²) in [6.45, 7) is 2.70. The average molecular weight is 389 g/mol. The molecule has 6 heteroatoms. The van der Waals surface area contributed by atoms with Crippen molar-refractivity contribution in [1.29, 1.82) is 0 Å². The van der Waals surface area contributed by atoms with Gasteiger partial charge in [0.1, 0.15) is 12.4 Å². The first kappa shape index (κ1) is 20.1. The van der Waals surface area contributed by atoms with Gasteiger partial charge in [-0.3, -0.25) is 14.6 Å². The van der Waals surface area contributed by atoms with Crippen molar-refractivity contribution in [3.8, 4) is 5.75 Å². The highest BCUT2D eigenvalue weighted by Gasteiger charge is 2.08. The summed E-state index contributed by atoms with van der Waals surface area (Å²) in [6, 6.07) is 18.6. The van der Waals surface area contributed by atoms with Gasteiger partial charge in [0.05, 0.1) is 11.9 Å². The third-order valence-corrected chi connectivity index (χ3v) is 4.17. The molecule has 0 saturated heterocycles. The largest absolute Gasteiger partial charge is 0.489 e. The fraction of sp³-hybridized carbons (Fsp3) is 0.174. The van der Waals surface area contributed by atoms with E-state index in [0.717, 1.165) is 5.56 Å². The van der Waals surface area contributed by atoms with Crippen LogP contribution in [0.25, 0.3) is 0 Å². The van der Waals surface area contributed by atoms with Crippen LogP contribution in [0, 0.1) is 6.92 Å². The zero-order chi connectivity index (χ0) is 20.5. The summed E-state index contributed by atoms with van der Waals surface area (Å²) in [5.41, 5.74) is 3.35. The third kappa shape index (κ3) is 6.46. The monoisotopic (exact) mass is 389 g/mol. The van der Waals surface area contributed by atoms with Crippen LogP contribution in [0.5, 0.6) is 5.75 Å². The van der Waals surface area contributed by atoms with Crippen molar-refractivity contribution in [1.82, 2.24) is 10.3 Å². The second kappa shape index (κ2) is 10.0. The molecule has 2 aromatic carbocycles. The number of ether oxygens (including phenoxy) is 1. The Bertz CT molecular complexity index is 974. The van der Waals surface area contributed by atoms with Crippen molar-refractivity contribution in [3.63, 3.8) is 0 Å². The number of anilines is 1. The van der Waals surface area contributed by atoms with Crippen LogP contribution in [0.15, 0.2) is 73.1 Å². The molecule has 3 rings (SSSR count). The number of amides is 2. The minimum absolute atomic E-state index is 0.171. The summed E-state index contributed by atoms with van der Waals surface area (Å²) in [6.07, 6.45) is 3.37. The maximum absolute atomic E-state index is 12.3. The second-order valence-corrected chi connectivity index (χ2v) is 6.60. The van der Waals surface area contributed by atoms with Crippen molar-refractivity contribution in [2.75, 3.05) is 11.9 Å². The number of hydrogen-bond donors (Lipinski definition) is 2. The molecule has 0 spiro atoms. The number of pyridine rings is 1. The molecule has 2 amide bonds. The molecule has 0 bridgehead atoms. The van der Waals surface area contributed by atoms with Gasteiger partial charge in [0, 0.05) is 24.7 Å². The number of rotatable bonds is 8. The van der Waals surface area contributed by atoms with E-state index in [1.54, 1.807) is 42.7 Å². The summed E-state index contributed by atoms with van der Waals surface area (Å²) in [4.78, 5) is 28.2. The molecule has 3 aromatic rings. The van der Waals surface area contributed by atoms with Crippen LogP contribution in [-0.2, 0) is 11.4 Å². The molecule has 0 atom stereocenters. The van der Waals surface area contributed by atoms with Crippen LogP contribution >= 0.6 is 0 Å². The van der Waals surface area contributed by atoms with E-state index in [4.69, 9.17) is 4.74 Å². The van der Waals surface area contributed by atoms with E-state index in [-0.39, 0.29) is 24.8 Å². The Kier molecular flexibility index (Phi) is 6.95. The summed E-state index contributed by atoms with van der Waals surface area (Å²) in [5, 5.41) is 5.48. The van der Waals surface area contributed by atoms with Gasteiger partial charge in [-0.2, -0.15) is 0 Å². The van der Waals surface area contributed by atoms with Gasteiger partial charge in [0.2, 0.25) is 5.91 Å². The lowest BCUT2D eigenvalue weighted by atomic mass is 10.1. The van der Waals surface area contributed by atoms with Crippen molar-refractivity contribution in [3.05, 3.63) is 89.7 Å². The minimum atomic E-state index is -0.250. The summed E-state index contributed by atoms with van der Waals surface area (Å²) in [7, 11) is 0. The Morgan fingerprint density at radius 3 is 2.69 bits per heavy atom. The molecule has 0 unspecified atom stereocenters. The molecule has 0 aliphatic rings. The van der Waals surface area contributed by atoms with Crippen molar-refractivity contribution < 1.29 is 14.3 Å². The highest BCUT2D eigenvalue weighted by Crippen LogP contribution is 2.16. The lowest BCUT2D eigenvalue weighted by Crippen LogP contribution is -2.27. The molecule has 1 heterocycles. The topological polar surface area (TPSA) is 80.3 Å². The molecule has 0 fully saturated rings. The van der Waals surface area contributed by atoms with E-state index in [1.807, 2.05) is 31.2 Å². The first-order valence-corrected chi connectivity index (χ1v) is 9.36. The molecule has 0 aliphatic heterocycles. The highest BCUT2D eigenvalue weighted by molar-refractivity contribution is 5.95. The van der Waals surface area contributed by atoms with Gasteiger partial charge < -0.3 is 15.4 Å². The Morgan fingerprint density at radius 2 is 1.90 bits per heavy atom. The highest BCUT2D eigenvalue weighted by atomic mass is 16.5. The van der Waals surface area contributed by atoms with E-state index in [2.05, 4.69) is 21.7 Å². The van der Waals surface area contributed by atoms with Crippen LogP contribution in [0.2, 0.25) is 0 Å². The lowest BCUT2D eigenvalue weighted by Gasteiger charge is -2.09. The zero-order valence-corrected chi connectivity index (χ0v) is 16.2. The van der Waals surface area contributed by atoms with Gasteiger partial charge in [0.15, 0.2) is 0 Å². The third-order valence-electron chi connectivity index (χ3n) is 4.17. The number of benzene rings is 2. The van der Waals surface area contributed by atoms with E-state index in [1.165, 1.54) is 5.56 Å². The second-order valence-electron chi connectivity index (χ2n) is 6.60. The SMILES string of the molecule is Cc1cccc(COc2cccc(C(=O)NCCC(=O)Nc3cccnc3)c2)c1. The number of hydrogen-bond acceptors (Lipinski definition) is 4. The Morgan fingerprint density at radius 1 is 1.03 bits per heavy atom. The number of aromatic nitrogens is 1. The molecule has 148 valence electrons. The van der Waals surface area contributed by atoms with Gasteiger partial charge in [0.25, 0.3) is 5.91 Å².